The molecule has 0 saturated carbocycles. The van der Waals surface area contributed by atoms with Gasteiger partial charge in [0.25, 0.3) is 0 Å². The lowest BCUT2D eigenvalue weighted by Crippen LogP contribution is -1.92. The summed E-state index contributed by atoms with van der Waals surface area (Å²) >= 11 is 0. The predicted molar refractivity (Wildman–Crippen MR) is 70.6 cm³/mol. The van der Waals surface area contributed by atoms with E-state index in [0.29, 0.717) is 5.71 Å². The average Bonchev–Trinajstić information content (AvgIpc) is 2.39. The first-order chi connectivity index (χ1) is 8.20. The molecule has 0 bridgehead atoms. The van der Waals surface area contributed by atoms with Gasteiger partial charge >= 0.3 is 0 Å². The zero-order chi connectivity index (χ0) is 12.3. The van der Waals surface area contributed by atoms with Crippen molar-refractivity contribution >= 4 is 5.71 Å². The normalized spacial score (nSPS) is 9.88. The van der Waals surface area contributed by atoms with Crippen LogP contribution < -0.4 is 0 Å². The molecule has 2 rings (SSSR count). The Morgan fingerprint density at radius 2 is 1.41 bits per heavy atom. The van der Waals surface area contributed by atoms with E-state index >= 15 is 0 Å². The maximum atomic E-state index is 9.21. The molecule has 0 aliphatic carbocycles. The highest BCUT2D eigenvalue weighted by molar-refractivity contribution is 6.06. The van der Waals surface area contributed by atoms with Gasteiger partial charge in [-0.2, -0.15) is 0 Å². The van der Waals surface area contributed by atoms with Gasteiger partial charge in [0.2, 0.25) is 0 Å². The summed E-state index contributed by atoms with van der Waals surface area (Å²) in [5, 5.41) is 16.8. The average molecular weight is 223 g/mol. The van der Waals surface area contributed by atoms with Gasteiger partial charge in [-0.25, -0.2) is 0 Å². The lowest BCUT2D eigenvalue weighted by atomic mass is 10.0. The first-order valence-electron chi connectivity index (χ1n) is 5.31. The van der Waals surface area contributed by atoms with Crippen LogP contribution in [0.3, 0.4) is 0 Å². The summed E-state index contributed by atoms with van der Waals surface area (Å²) in [5.74, 6) is 0.263. The first-order valence-corrected chi connectivity index (χ1v) is 5.31. The number of nitrogens with one attached hydrogen (secondary N) is 1. The standard InChI is InChI=1S/C15H13NO/c1-2-15(16)13-5-3-11(4-6-13)12-7-9-14(17)10-8-12/h2-10,16-17H,1H2. The van der Waals surface area contributed by atoms with Crippen LogP contribution in [-0.2, 0) is 0 Å². The van der Waals surface area contributed by atoms with E-state index in [1.54, 1.807) is 12.1 Å². The van der Waals surface area contributed by atoms with E-state index in [9.17, 15) is 5.11 Å². The number of aromatic hydroxyl groups is 1. The Kier molecular flexibility index (Phi) is 3.06. The van der Waals surface area contributed by atoms with E-state index in [4.69, 9.17) is 5.41 Å². The Morgan fingerprint density at radius 1 is 0.941 bits per heavy atom. The molecule has 0 amide bonds. The smallest absolute Gasteiger partial charge is 0.115 e. The van der Waals surface area contributed by atoms with Gasteiger partial charge in [-0.15, -0.1) is 0 Å². The molecule has 0 unspecified atom stereocenters. The van der Waals surface area contributed by atoms with Crippen LogP contribution in [0.15, 0.2) is 61.2 Å². The number of phenols is 1. The molecule has 0 heterocycles. The molecule has 0 aliphatic rings. The number of hydrogen-bond acceptors (Lipinski definition) is 2. The summed E-state index contributed by atoms with van der Waals surface area (Å²) in [4.78, 5) is 0. The van der Waals surface area contributed by atoms with Crippen molar-refractivity contribution in [3.05, 3.63) is 66.7 Å². The van der Waals surface area contributed by atoms with E-state index in [0.717, 1.165) is 16.7 Å². The van der Waals surface area contributed by atoms with Crippen LogP contribution >= 0.6 is 0 Å². The van der Waals surface area contributed by atoms with Gasteiger partial charge < -0.3 is 10.5 Å². The fourth-order valence-electron chi connectivity index (χ4n) is 1.61. The highest BCUT2D eigenvalue weighted by atomic mass is 16.3. The van der Waals surface area contributed by atoms with Crippen molar-refractivity contribution in [2.45, 2.75) is 0 Å². The van der Waals surface area contributed by atoms with Crippen molar-refractivity contribution < 1.29 is 5.11 Å². The van der Waals surface area contributed by atoms with Gasteiger partial charge in [0, 0.05) is 0 Å². The minimum Gasteiger partial charge on any atom is -0.508 e. The SMILES string of the molecule is C=CC(=N)c1ccc(-c2ccc(O)cc2)cc1. The fourth-order valence-corrected chi connectivity index (χ4v) is 1.61. The number of benzene rings is 2. The molecule has 2 aromatic carbocycles. The van der Waals surface area contributed by atoms with Crippen molar-refractivity contribution in [3.8, 4) is 16.9 Å². The quantitative estimate of drug-likeness (QED) is 0.767. The van der Waals surface area contributed by atoms with Crippen LogP contribution in [0.5, 0.6) is 5.75 Å². The molecule has 17 heavy (non-hydrogen) atoms. The highest BCUT2D eigenvalue weighted by Crippen LogP contribution is 2.22. The molecule has 2 aromatic rings. The maximum absolute atomic E-state index is 9.21. The summed E-state index contributed by atoms with van der Waals surface area (Å²) in [6.45, 7) is 3.57. The molecular formula is C15H13NO. The molecule has 0 radical (unpaired) electrons. The minimum absolute atomic E-state index is 0.263. The molecule has 0 fully saturated rings. The monoisotopic (exact) mass is 223 g/mol. The zero-order valence-electron chi connectivity index (χ0n) is 9.35. The molecule has 2 nitrogen and oxygen atoms in total. The van der Waals surface area contributed by atoms with E-state index in [1.807, 2.05) is 36.4 Å². The molecular weight excluding hydrogens is 210 g/mol. The van der Waals surface area contributed by atoms with E-state index in [1.165, 1.54) is 6.08 Å². The first kappa shape index (κ1) is 11.1. The highest BCUT2D eigenvalue weighted by Gasteiger charge is 2.00. The third kappa shape index (κ3) is 2.42. The fraction of sp³-hybridized carbons (Fsp3) is 0. The van der Waals surface area contributed by atoms with Crippen molar-refractivity contribution in [1.29, 1.82) is 5.41 Å². The molecule has 0 atom stereocenters. The van der Waals surface area contributed by atoms with E-state index in [2.05, 4.69) is 6.58 Å². The number of phenolic OH excluding ortho intramolecular Hbond substituents is 1. The van der Waals surface area contributed by atoms with Crippen LogP contribution in [0.1, 0.15) is 5.56 Å². The Hall–Kier alpha value is -2.35. The molecule has 2 N–H and O–H groups in total. The molecule has 0 spiro atoms. The van der Waals surface area contributed by atoms with Crippen molar-refractivity contribution in [1.82, 2.24) is 0 Å². The molecule has 2 heteroatoms. The summed E-state index contributed by atoms with van der Waals surface area (Å²) in [5.41, 5.74) is 3.37. The lowest BCUT2D eigenvalue weighted by molar-refractivity contribution is 0.475. The molecule has 0 saturated heterocycles. The van der Waals surface area contributed by atoms with Crippen LogP contribution in [0.2, 0.25) is 0 Å². The second-order valence-electron chi connectivity index (χ2n) is 3.74. The van der Waals surface area contributed by atoms with E-state index < -0.39 is 0 Å². The number of hydrogen-bond donors (Lipinski definition) is 2. The van der Waals surface area contributed by atoms with Crippen molar-refractivity contribution in [3.63, 3.8) is 0 Å². The number of rotatable bonds is 3. The summed E-state index contributed by atoms with van der Waals surface area (Å²) < 4.78 is 0. The summed E-state index contributed by atoms with van der Waals surface area (Å²) in [7, 11) is 0. The third-order valence-electron chi connectivity index (χ3n) is 2.60. The zero-order valence-corrected chi connectivity index (χ0v) is 9.35. The van der Waals surface area contributed by atoms with Gasteiger partial charge in [0.05, 0.1) is 5.71 Å². The topological polar surface area (TPSA) is 44.1 Å². The Bertz CT molecular complexity index is 538. The largest absolute Gasteiger partial charge is 0.508 e. The van der Waals surface area contributed by atoms with Gasteiger partial charge in [-0.3, -0.25) is 0 Å². The number of allylic oxidation sites excluding steroid dienone is 1. The van der Waals surface area contributed by atoms with E-state index in [-0.39, 0.29) is 5.75 Å². The van der Waals surface area contributed by atoms with Crippen molar-refractivity contribution in [2.24, 2.45) is 0 Å². The second-order valence-corrected chi connectivity index (χ2v) is 3.74. The Balaban J connectivity index is 2.32. The predicted octanol–water partition coefficient (Wildman–Crippen LogP) is 3.61. The van der Waals surface area contributed by atoms with Crippen LogP contribution in [0, 0.1) is 5.41 Å². The Labute approximate surface area is 100 Å². The molecule has 0 aliphatic heterocycles. The molecule has 84 valence electrons. The van der Waals surface area contributed by atoms with Crippen LogP contribution in [0.25, 0.3) is 11.1 Å². The lowest BCUT2D eigenvalue weighted by Gasteiger charge is -2.04. The molecule has 0 aromatic heterocycles. The van der Waals surface area contributed by atoms with Crippen LogP contribution in [0.4, 0.5) is 0 Å². The van der Waals surface area contributed by atoms with Gasteiger partial charge in [-0.05, 0) is 34.9 Å². The van der Waals surface area contributed by atoms with Gasteiger partial charge in [-0.1, -0.05) is 43.0 Å². The van der Waals surface area contributed by atoms with Crippen LogP contribution in [-0.4, -0.2) is 10.8 Å². The third-order valence-corrected chi connectivity index (χ3v) is 2.60. The summed E-state index contributed by atoms with van der Waals surface area (Å²) in [6.07, 6.45) is 1.52. The van der Waals surface area contributed by atoms with Gasteiger partial charge in [0.1, 0.15) is 5.75 Å². The maximum Gasteiger partial charge on any atom is 0.115 e. The second kappa shape index (κ2) is 4.66. The van der Waals surface area contributed by atoms with Gasteiger partial charge in [0.15, 0.2) is 0 Å². The Morgan fingerprint density at radius 3 is 1.88 bits per heavy atom. The summed E-state index contributed by atoms with van der Waals surface area (Å²) in [6, 6.07) is 14.8. The van der Waals surface area contributed by atoms with Crippen molar-refractivity contribution in [2.75, 3.05) is 0 Å². The minimum atomic E-state index is 0.263.